The van der Waals surface area contributed by atoms with Crippen molar-refractivity contribution in [2.24, 2.45) is 0 Å². The van der Waals surface area contributed by atoms with Crippen molar-refractivity contribution in [3.63, 3.8) is 0 Å². The van der Waals surface area contributed by atoms with Crippen molar-refractivity contribution in [3.05, 3.63) is 59.9 Å². The average molecular weight is 300 g/mol. The fraction of sp³-hybridized carbons (Fsp3) is 0.188. The summed E-state index contributed by atoms with van der Waals surface area (Å²) in [7, 11) is 1.54. The van der Waals surface area contributed by atoms with E-state index in [0.29, 0.717) is 11.3 Å². The summed E-state index contributed by atoms with van der Waals surface area (Å²) in [5.74, 6) is -0.898. The highest BCUT2D eigenvalue weighted by atomic mass is 16.5. The van der Waals surface area contributed by atoms with Crippen molar-refractivity contribution >= 4 is 11.9 Å². The number of hydrogen-bond donors (Lipinski definition) is 2. The van der Waals surface area contributed by atoms with E-state index in [1.165, 1.54) is 24.5 Å². The fourth-order valence-corrected chi connectivity index (χ4v) is 1.98. The Balaban J connectivity index is 2.10. The number of aromatic nitrogens is 1. The molecule has 1 heterocycles. The zero-order chi connectivity index (χ0) is 15.9. The van der Waals surface area contributed by atoms with Gasteiger partial charge in [-0.2, -0.15) is 0 Å². The molecule has 0 aliphatic rings. The molecule has 6 nitrogen and oxygen atoms in total. The Morgan fingerprint density at radius 3 is 2.64 bits per heavy atom. The number of methoxy groups -OCH3 is 1. The van der Waals surface area contributed by atoms with Gasteiger partial charge in [-0.3, -0.25) is 9.78 Å². The summed E-state index contributed by atoms with van der Waals surface area (Å²) >= 11 is 0. The summed E-state index contributed by atoms with van der Waals surface area (Å²) in [6.45, 7) is 0. The number of nitrogens with zero attached hydrogens (tertiary/aromatic N) is 1. The monoisotopic (exact) mass is 300 g/mol. The van der Waals surface area contributed by atoms with Crippen LogP contribution >= 0.6 is 0 Å². The van der Waals surface area contributed by atoms with E-state index in [4.69, 9.17) is 4.74 Å². The molecule has 1 atom stereocenters. The first-order valence-corrected chi connectivity index (χ1v) is 6.67. The summed E-state index contributed by atoms with van der Waals surface area (Å²) < 4.78 is 5.11. The number of ether oxygens (including phenoxy) is 1. The maximum absolute atomic E-state index is 12.0. The number of benzene rings is 1. The number of amides is 1. The highest BCUT2D eigenvalue weighted by Crippen LogP contribution is 2.14. The SMILES string of the molecule is COc1cccc(C[C@H](NC(=O)c2ccncc2)C(=O)O)c1. The molecule has 0 bridgehead atoms. The van der Waals surface area contributed by atoms with Gasteiger partial charge in [0.05, 0.1) is 7.11 Å². The number of pyridine rings is 1. The molecular formula is C16H16N2O4. The zero-order valence-corrected chi connectivity index (χ0v) is 12.0. The number of carbonyl (C=O) groups excluding carboxylic acids is 1. The van der Waals surface area contributed by atoms with Crippen LogP contribution < -0.4 is 10.1 Å². The Bertz CT molecular complexity index is 658. The third-order valence-electron chi connectivity index (χ3n) is 3.12. The van der Waals surface area contributed by atoms with Gasteiger partial charge in [0.25, 0.3) is 5.91 Å². The Hall–Kier alpha value is -2.89. The number of carboxylic acids is 1. The first-order chi connectivity index (χ1) is 10.6. The number of carbonyl (C=O) groups is 2. The van der Waals surface area contributed by atoms with Crippen LogP contribution in [0.1, 0.15) is 15.9 Å². The third-order valence-corrected chi connectivity index (χ3v) is 3.12. The fourth-order valence-electron chi connectivity index (χ4n) is 1.98. The quantitative estimate of drug-likeness (QED) is 0.844. The van der Waals surface area contributed by atoms with Crippen LogP contribution in [-0.4, -0.2) is 35.1 Å². The van der Waals surface area contributed by atoms with E-state index in [2.05, 4.69) is 10.3 Å². The van der Waals surface area contributed by atoms with Gasteiger partial charge in [-0.1, -0.05) is 12.1 Å². The molecule has 2 N–H and O–H groups in total. The first kappa shape index (κ1) is 15.5. The van der Waals surface area contributed by atoms with Crippen LogP contribution in [0.15, 0.2) is 48.8 Å². The summed E-state index contributed by atoms with van der Waals surface area (Å²) in [5, 5.41) is 11.8. The highest BCUT2D eigenvalue weighted by Gasteiger charge is 2.21. The minimum Gasteiger partial charge on any atom is -0.497 e. The molecule has 1 aromatic heterocycles. The van der Waals surface area contributed by atoms with Crippen molar-refractivity contribution in [2.45, 2.75) is 12.5 Å². The molecule has 0 fully saturated rings. The largest absolute Gasteiger partial charge is 0.497 e. The maximum Gasteiger partial charge on any atom is 0.326 e. The van der Waals surface area contributed by atoms with Crippen LogP contribution in [0.5, 0.6) is 5.75 Å². The zero-order valence-electron chi connectivity index (χ0n) is 12.0. The minimum atomic E-state index is -1.09. The van der Waals surface area contributed by atoms with Crippen LogP contribution in [0.2, 0.25) is 0 Å². The van der Waals surface area contributed by atoms with Crippen molar-refractivity contribution in [3.8, 4) is 5.75 Å². The van der Waals surface area contributed by atoms with Crippen molar-refractivity contribution in [2.75, 3.05) is 7.11 Å². The van der Waals surface area contributed by atoms with E-state index in [1.54, 1.807) is 31.4 Å². The molecule has 2 aromatic rings. The molecule has 6 heteroatoms. The lowest BCUT2D eigenvalue weighted by Gasteiger charge is -2.15. The van der Waals surface area contributed by atoms with Gasteiger partial charge in [0.2, 0.25) is 0 Å². The number of hydrogen-bond acceptors (Lipinski definition) is 4. The second kappa shape index (κ2) is 7.21. The number of aliphatic carboxylic acids is 1. The summed E-state index contributed by atoms with van der Waals surface area (Å²) in [5.41, 5.74) is 1.13. The average Bonchev–Trinajstić information content (AvgIpc) is 2.55. The minimum absolute atomic E-state index is 0.170. The standard InChI is InChI=1S/C16H16N2O4/c1-22-13-4-2-3-11(9-13)10-14(16(20)21)18-15(19)12-5-7-17-8-6-12/h2-9,14H,10H2,1H3,(H,18,19)(H,20,21)/t14-/m0/s1. The van der Waals surface area contributed by atoms with E-state index in [9.17, 15) is 14.7 Å². The molecule has 114 valence electrons. The maximum atomic E-state index is 12.0. The molecule has 0 saturated heterocycles. The Labute approximate surface area is 127 Å². The van der Waals surface area contributed by atoms with Gasteiger partial charge >= 0.3 is 5.97 Å². The van der Waals surface area contributed by atoms with Crippen molar-refractivity contribution < 1.29 is 19.4 Å². The predicted octanol–water partition coefficient (Wildman–Crippen LogP) is 1.52. The van der Waals surface area contributed by atoms with E-state index in [-0.39, 0.29) is 6.42 Å². The second-order valence-corrected chi connectivity index (χ2v) is 4.66. The number of rotatable bonds is 6. The highest BCUT2D eigenvalue weighted by molar-refractivity contribution is 5.96. The van der Waals surface area contributed by atoms with Gasteiger partial charge in [-0.05, 0) is 29.8 Å². The van der Waals surface area contributed by atoms with Crippen LogP contribution in [0, 0.1) is 0 Å². The van der Waals surface area contributed by atoms with Gasteiger partial charge < -0.3 is 15.2 Å². The van der Waals surface area contributed by atoms with E-state index in [1.807, 2.05) is 0 Å². The van der Waals surface area contributed by atoms with E-state index >= 15 is 0 Å². The molecule has 0 spiro atoms. The molecule has 1 amide bonds. The Morgan fingerprint density at radius 1 is 1.27 bits per heavy atom. The van der Waals surface area contributed by atoms with Gasteiger partial charge in [-0.15, -0.1) is 0 Å². The Morgan fingerprint density at radius 2 is 2.00 bits per heavy atom. The van der Waals surface area contributed by atoms with Gasteiger partial charge in [0.15, 0.2) is 0 Å². The molecule has 2 rings (SSSR count). The lowest BCUT2D eigenvalue weighted by atomic mass is 10.1. The molecule has 0 saturated carbocycles. The topological polar surface area (TPSA) is 88.5 Å². The lowest BCUT2D eigenvalue weighted by molar-refractivity contribution is -0.139. The molecule has 1 aromatic carbocycles. The predicted molar refractivity (Wildman–Crippen MR) is 79.8 cm³/mol. The molecule has 0 radical (unpaired) electrons. The second-order valence-electron chi connectivity index (χ2n) is 4.66. The van der Waals surface area contributed by atoms with E-state index < -0.39 is 17.9 Å². The summed E-state index contributed by atoms with van der Waals surface area (Å²) in [6.07, 6.45) is 3.13. The molecule has 0 aliphatic carbocycles. The first-order valence-electron chi connectivity index (χ1n) is 6.67. The normalized spacial score (nSPS) is 11.5. The smallest absolute Gasteiger partial charge is 0.326 e. The Kier molecular flexibility index (Phi) is 5.08. The summed E-state index contributed by atoms with van der Waals surface area (Å²) in [6, 6.07) is 9.12. The summed E-state index contributed by atoms with van der Waals surface area (Å²) in [4.78, 5) is 27.2. The van der Waals surface area contributed by atoms with Crippen LogP contribution in [-0.2, 0) is 11.2 Å². The van der Waals surface area contributed by atoms with Crippen molar-refractivity contribution in [1.82, 2.24) is 10.3 Å². The van der Waals surface area contributed by atoms with Crippen LogP contribution in [0.25, 0.3) is 0 Å². The van der Waals surface area contributed by atoms with Crippen molar-refractivity contribution in [1.29, 1.82) is 0 Å². The van der Waals surface area contributed by atoms with Crippen LogP contribution in [0.4, 0.5) is 0 Å². The lowest BCUT2D eigenvalue weighted by Crippen LogP contribution is -2.42. The number of carboxylic acid groups (broad SMARTS) is 1. The van der Waals surface area contributed by atoms with Gasteiger partial charge in [0, 0.05) is 24.4 Å². The third kappa shape index (κ3) is 4.05. The van der Waals surface area contributed by atoms with Crippen LogP contribution in [0.3, 0.4) is 0 Å². The molecule has 22 heavy (non-hydrogen) atoms. The molecule has 0 unspecified atom stereocenters. The number of nitrogens with one attached hydrogen (secondary N) is 1. The van der Waals surface area contributed by atoms with Gasteiger partial charge in [0.1, 0.15) is 11.8 Å². The van der Waals surface area contributed by atoms with Gasteiger partial charge in [-0.25, -0.2) is 4.79 Å². The molecule has 0 aliphatic heterocycles. The molecular weight excluding hydrogens is 284 g/mol. The van der Waals surface area contributed by atoms with E-state index in [0.717, 1.165) is 5.56 Å².